The average Bonchev–Trinajstić information content (AvgIpc) is 2.88. The zero-order chi connectivity index (χ0) is 18.3. The molecular weight excluding hydrogens is 416 g/mol. The maximum atomic E-state index is 12.7. The van der Waals surface area contributed by atoms with Crippen LogP contribution in [-0.2, 0) is 24.9 Å². The number of benzene rings is 1. The Kier molecular flexibility index (Phi) is 4.53. The van der Waals surface area contributed by atoms with E-state index in [9.17, 15) is 14.4 Å². The second-order valence-corrected chi connectivity index (χ2v) is 6.47. The van der Waals surface area contributed by atoms with Gasteiger partial charge >= 0.3 is 11.7 Å². The highest BCUT2D eigenvalue weighted by molar-refractivity contribution is 9.10. The van der Waals surface area contributed by atoms with E-state index < -0.39 is 23.8 Å². The quantitative estimate of drug-likeness (QED) is 0.635. The highest BCUT2D eigenvalue weighted by Crippen LogP contribution is 2.22. The average molecular weight is 428 g/mol. The first-order valence-corrected chi connectivity index (χ1v) is 8.29. The Morgan fingerprint density at radius 1 is 1.28 bits per heavy atom. The molecule has 3 aromatic rings. The largest absolute Gasteiger partial charge is 0.480 e. The first kappa shape index (κ1) is 17.4. The molecule has 2 heterocycles. The molecule has 10 heteroatoms. The predicted molar refractivity (Wildman–Crippen MR) is 95.1 cm³/mol. The molecule has 0 unspecified atom stereocenters. The number of rotatable bonds is 4. The Morgan fingerprint density at radius 3 is 2.60 bits per heavy atom. The number of fused-ring (bicyclic) bond motifs is 1. The van der Waals surface area contributed by atoms with E-state index in [-0.39, 0.29) is 17.7 Å². The van der Waals surface area contributed by atoms with Crippen LogP contribution in [0.3, 0.4) is 0 Å². The number of aliphatic carboxylic acids is 1. The van der Waals surface area contributed by atoms with Gasteiger partial charge in [-0.25, -0.2) is 14.3 Å². The highest BCUT2D eigenvalue weighted by Gasteiger charge is 2.20. The number of aryl methyl sites for hydroxylation is 1. The van der Waals surface area contributed by atoms with Crippen molar-refractivity contribution in [2.24, 2.45) is 7.05 Å². The summed E-state index contributed by atoms with van der Waals surface area (Å²) >= 11 is 9.46. The number of hydrogen-bond acceptors (Lipinski definition) is 4. The summed E-state index contributed by atoms with van der Waals surface area (Å²) in [6.45, 7) is -0.492. The van der Waals surface area contributed by atoms with Crippen molar-refractivity contribution in [2.45, 2.75) is 13.1 Å². The molecule has 25 heavy (non-hydrogen) atoms. The molecule has 1 aromatic carbocycles. The van der Waals surface area contributed by atoms with Gasteiger partial charge in [0.2, 0.25) is 0 Å². The van der Waals surface area contributed by atoms with Gasteiger partial charge in [-0.3, -0.25) is 14.2 Å². The molecule has 0 bridgehead atoms. The maximum absolute atomic E-state index is 12.7. The number of imidazole rings is 1. The van der Waals surface area contributed by atoms with Crippen LogP contribution in [0.5, 0.6) is 0 Å². The second kappa shape index (κ2) is 6.49. The van der Waals surface area contributed by atoms with Gasteiger partial charge in [-0.1, -0.05) is 29.8 Å². The van der Waals surface area contributed by atoms with Crippen LogP contribution in [0.15, 0.2) is 38.6 Å². The summed E-state index contributed by atoms with van der Waals surface area (Å²) in [5.74, 6) is -1.28. The minimum absolute atomic E-state index is 0.121. The van der Waals surface area contributed by atoms with Crippen LogP contribution in [0.2, 0.25) is 5.02 Å². The summed E-state index contributed by atoms with van der Waals surface area (Å²) in [4.78, 5) is 40.2. The molecule has 0 radical (unpaired) electrons. The lowest BCUT2D eigenvalue weighted by Crippen LogP contribution is -2.41. The van der Waals surface area contributed by atoms with E-state index in [0.717, 1.165) is 10.1 Å². The van der Waals surface area contributed by atoms with E-state index in [0.29, 0.717) is 14.3 Å². The molecule has 0 amide bonds. The molecule has 0 aliphatic carbocycles. The third-order valence-electron chi connectivity index (χ3n) is 3.77. The highest BCUT2D eigenvalue weighted by atomic mass is 79.9. The van der Waals surface area contributed by atoms with E-state index in [1.807, 2.05) is 6.07 Å². The lowest BCUT2D eigenvalue weighted by Gasteiger charge is -2.10. The Balaban J connectivity index is 2.30. The molecule has 0 atom stereocenters. The number of carboxylic acids is 1. The van der Waals surface area contributed by atoms with Crippen molar-refractivity contribution in [2.75, 3.05) is 0 Å². The van der Waals surface area contributed by atoms with Crippen molar-refractivity contribution in [1.29, 1.82) is 0 Å². The Morgan fingerprint density at radius 2 is 1.96 bits per heavy atom. The molecule has 0 saturated carbocycles. The first-order valence-electron chi connectivity index (χ1n) is 7.12. The fourth-order valence-corrected chi connectivity index (χ4v) is 3.23. The van der Waals surface area contributed by atoms with Gasteiger partial charge in [-0.15, -0.1) is 0 Å². The lowest BCUT2D eigenvalue weighted by atomic mass is 10.2. The van der Waals surface area contributed by atoms with Crippen molar-refractivity contribution < 1.29 is 9.90 Å². The SMILES string of the molecule is Cn1c(=O)n(CC(=O)O)c(=O)c2c1nc(Br)n2Cc1ccccc1Cl. The lowest BCUT2D eigenvalue weighted by molar-refractivity contribution is -0.137. The topological polar surface area (TPSA) is 99.1 Å². The number of nitrogens with zero attached hydrogens (tertiary/aromatic N) is 4. The third-order valence-corrected chi connectivity index (χ3v) is 4.74. The summed E-state index contributed by atoms with van der Waals surface area (Å²) in [7, 11) is 1.43. The zero-order valence-corrected chi connectivity index (χ0v) is 15.3. The van der Waals surface area contributed by atoms with Crippen LogP contribution in [0, 0.1) is 0 Å². The molecule has 8 nitrogen and oxygen atoms in total. The van der Waals surface area contributed by atoms with Gasteiger partial charge in [0.15, 0.2) is 15.9 Å². The molecule has 1 N–H and O–H groups in total. The molecule has 0 fully saturated rings. The number of halogens is 2. The van der Waals surface area contributed by atoms with Crippen LogP contribution in [0.4, 0.5) is 0 Å². The van der Waals surface area contributed by atoms with Crippen LogP contribution in [0.25, 0.3) is 11.2 Å². The first-order chi connectivity index (χ1) is 11.8. The zero-order valence-electron chi connectivity index (χ0n) is 12.9. The normalized spacial score (nSPS) is 11.2. The molecular formula is C15H12BrClN4O4. The summed E-state index contributed by atoms with van der Waals surface area (Å²) < 4.78 is 3.70. The van der Waals surface area contributed by atoms with Crippen LogP contribution in [0.1, 0.15) is 5.56 Å². The van der Waals surface area contributed by atoms with E-state index in [2.05, 4.69) is 20.9 Å². The van der Waals surface area contributed by atoms with Crippen LogP contribution in [-0.4, -0.2) is 29.8 Å². The monoisotopic (exact) mass is 426 g/mol. The summed E-state index contributed by atoms with van der Waals surface area (Å²) in [5, 5.41) is 9.49. The van der Waals surface area contributed by atoms with Crippen LogP contribution < -0.4 is 11.2 Å². The molecule has 0 aliphatic heterocycles. The number of hydrogen-bond donors (Lipinski definition) is 1. The predicted octanol–water partition coefficient (Wildman–Crippen LogP) is 1.45. The summed E-state index contributed by atoms with van der Waals surface area (Å²) in [6, 6.07) is 7.13. The molecule has 0 aliphatic rings. The van der Waals surface area contributed by atoms with Crippen molar-refractivity contribution in [3.8, 4) is 0 Å². The van der Waals surface area contributed by atoms with Gasteiger partial charge < -0.3 is 9.67 Å². The van der Waals surface area contributed by atoms with Crippen LogP contribution >= 0.6 is 27.5 Å². The smallest absolute Gasteiger partial charge is 0.333 e. The number of aromatic nitrogens is 4. The fraction of sp³-hybridized carbons (Fsp3) is 0.200. The summed E-state index contributed by atoms with van der Waals surface area (Å²) in [5.41, 5.74) is -0.423. The van der Waals surface area contributed by atoms with Crippen molar-refractivity contribution >= 4 is 44.7 Å². The third kappa shape index (κ3) is 3.00. The van der Waals surface area contributed by atoms with Gasteiger partial charge in [-0.05, 0) is 27.6 Å². The standard InChI is InChI=1S/C15H12BrClN4O4/c1-19-12-11(13(24)21(15(19)25)7-10(22)23)20(14(16)18-12)6-8-4-2-3-5-9(8)17/h2-5H,6-7H2,1H3,(H,22,23). The Hall–Kier alpha value is -2.39. The second-order valence-electron chi connectivity index (χ2n) is 5.36. The van der Waals surface area contributed by atoms with Gasteiger partial charge in [0, 0.05) is 12.1 Å². The van der Waals surface area contributed by atoms with Gasteiger partial charge in [0.05, 0.1) is 6.54 Å². The fourth-order valence-electron chi connectivity index (χ4n) is 2.56. The van der Waals surface area contributed by atoms with E-state index in [1.54, 1.807) is 22.8 Å². The molecule has 0 saturated heterocycles. The number of carboxylic acid groups (broad SMARTS) is 1. The minimum Gasteiger partial charge on any atom is -0.480 e. The Bertz CT molecular complexity index is 1120. The number of carbonyl (C=O) groups is 1. The Labute approximate surface area is 154 Å². The van der Waals surface area contributed by atoms with E-state index >= 15 is 0 Å². The molecule has 130 valence electrons. The maximum Gasteiger partial charge on any atom is 0.333 e. The molecule has 2 aromatic heterocycles. The van der Waals surface area contributed by atoms with Crippen molar-refractivity contribution in [1.82, 2.24) is 18.7 Å². The van der Waals surface area contributed by atoms with E-state index in [1.165, 1.54) is 7.05 Å². The van der Waals surface area contributed by atoms with Gasteiger partial charge in [0.1, 0.15) is 6.54 Å². The van der Waals surface area contributed by atoms with Crippen molar-refractivity contribution in [3.63, 3.8) is 0 Å². The summed E-state index contributed by atoms with van der Waals surface area (Å²) in [6.07, 6.45) is 0. The van der Waals surface area contributed by atoms with Gasteiger partial charge in [0.25, 0.3) is 5.56 Å². The molecule has 3 rings (SSSR count). The molecule has 0 spiro atoms. The van der Waals surface area contributed by atoms with Gasteiger partial charge in [-0.2, -0.15) is 0 Å². The van der Waals surface area contributed by atoms with E-state index in [4.69, 9.17) is 16.7 Å². The minimum atomic E-state index is -1.28. The van der Waals surface area contributed by atoms with Crippen molar-refractivity contribution in [3.05, 3.63) is 60.4 Å².